The number of anilines is 1. The van der Waals surface area contributed by atoms with E-state index < -0.39 is 11.9 Å². The van der Waals surface area contributed by atoms with Crippen LogP contribution in [0.2, 0.25) is 5.02 Å². The quantitative estimate of drug-likeness (QED) is 0.481. The van der Waals surface area contributed by atoms with Crippen molar-refractivity contribution in [3.63, 3.8) is 0 Å². The molecule has 0 bridgehead atoms. The van der Waals surface area contributed by atoms with Gasteiger partial charge < -0.3 is 10.1 Å². The molecular weight excluding hydrogens is 392 g/mol. The number of esters is 1. The van der Waals surface area contributed by atoms with E-state index in [9.17, 15) is 9.59 Å². The fraction of sp³-hybridized carbons (Fsp3) is 0.167. The van der Waals surface area contributed by atoms with Crippen LogP contribution < -0.4 is 5.32 Å². The largest absolute Gasteiger partial charge is 0.455 e. The molecule has 0 fully saturated rings. The third-order valence-corrected chi connectivity index (χ3v) is 5.80. The lowest BCUT2D eigenvalue weighted by Crippen LogP contribution is -2.22. The molecule has 1 heterocycles. The Bertz CT molecular complexity index is 926. The van der Waals surface area contributed by atoms with Crippen LogP contribution in [0.25, 0.3) is 10.2 Å². The molecule has 134 valence electrons. The van der Waals surface area contributed by atoms with E-state index in [0.29, 0.717) is 10.7 Å². The lowest BCUT2D eigenvalue weighted by molar-refractivity contribution is -0.144. The number of ether oxygens (including phenoxy) is 1. The highest BCUT2D eigenvalue weighted by atomic mass is 35.5. The van der Waals surface area contributed by atoms with E-state index >= 15 is 0 Å². The standard InChI is InChI=1S/C18H15ClN2O3S2/c1-11-8-12(19)6-7-13(11)20-16(22)9-24-17(23)10-25-18-21-14-4-2-3-5-15(14)26-18/h2-8H,9-10H2,1H3,(H,20,22). The first kappa shape index (κ1) is 18.7. The summed E-state index contributed by atoms with van der Waals surface area (Å²) in [5.74, 6) is -0.751. The van der Waals surface area contributed by atoms with Crippen molar-refractivity contribution in [3.8, 4) is 0 Å². The van der Waals surface area contributed by atoms with Crippen LogP contribution in [-0.4, -0.2) is 29.2 Å². The summed E-state index contributed by atoms with van der Waals surface area (Å²) in [4.78, 5) is 28.2. The molecule has 3 aromatic rings. The maximum Gasteiger partial charge on any atom is 0.316 e. The van der Waals surface area contributed by atoms with Crippen LogP contribution >= 0.6 is 34.7 Å². The number of hydrogen-bond acceptors (Lipinski definition) is 6. The zero-order valence-corrected chi connectivity index (χ0v) is 16.2. The van der Waals surface area contributed by atoms with Gasteiger partial charge >= 0.3 is 5.97 Å². The van der Waals surface area contributed by atoms with E-state index in [0.717, 1.165) is 20.1 Å². The predicted octanol–water partition coefficient (Wildman–Crippen LogP) is 4.53. The number of aryl methyl sites for hydroxylation is 1. The van der Waals surface area contributed by atoms with Gasteiger partial charge in [0.1, 0.15) is 0 Å². The molecule has 1 N–H and O–H groups in total. The topological polar surface area (TPSA) is 68.3 Å². The molecule has 2 aromatic carbocycles. The second-order valence-corrected chi connectivity index (χ2v) is 8.09. The van der Waals surface area contributed by atoms with Gasteiger partial charge in [-0.15, -0.1) is 11.3 Å². The summed E-state index contributed by atoms with van der Waals surface area (Å²) in [5, 5.41) is 3.29. The van der Waals surface area contributed by atoms with Gasteiger partial charge in [-0.3, -0.25) is 9.59 Å². The van der Waals surface area contributed by atoms with Crippen LogP contribution in [0.15, 0.2) is 46.8 Å². The zero-order valence-electron chi connectivity index (χ0n) is 13.8. The monoisotopic (exact) mass is 406 g/mol. The van der Waals surface area contributed by atoms with Gasteiger partial charge in [-0.05, 0) is 42.8 Å². The number of halogens is 1. The van der Waals surface area contributed by atoms with Crippen molar-refractivity contribution in [2.24, 2.45) is 0 Å². The van der Waals surface area contributed by atoms with Gasteiger partial charge in [0.15, 0.2) is 10.9 Å². The second kappa shape index (κ2) is 8.53. The van der Waals surface area contributed by atoms with Gasteiger partial charge in [0.05, 0.1) is 16.0 Å². The van der Waals surface area contributed by atoms with E-state index in [1.807, 2.05) is 31.2 Å². The minimum Gasteiger partial charge on any atom is -0.455 e. The maximum absolute atomic E-state index is 11.9. The third kappa shape index (κ3) is 4.97. The van der Waals surface area contributed by atoms with Crippen molar-refractivity contribution in [2.75, 3.05) is 17.7 Å². The Labute approximate surface area is 163 Å². The molecule has 0 spiro atoms. The normalized spacial score (nSPS) is 10.7. The smallest absolute Gasteiger partial charge is 0.316 e. The van der Waals surface area contributed by atoms with E-state index in [4.69, 9.17) is 16.3 Å². The van der Waals surface area contributed by atoms with E-state index in [2.05, 4.69) is 10.3 Å². The molecule has 0 saturated heterocycles. The highest BCUT2D eigenvalue weighted by Gasteiger charge is 2.11. The predicted molar refractivity (Wildman–Crippen MR) is 106 cm³/mol. The average molecular weight is 407 g/mol. The maximum atomic E-state index is 11.9. The molecule has 0 radical (unpaired) electrons. The first-order chi connectivity index (χ1) is 12.5. The third-order valence-electron chi connectivity index (χ3n) is 3.41. The molecule has 1 amide bonds. The second-order valence-electron chi connectivity index (χ2n) is 5.40. The van der Waals surface area contributed by atoms with Crippen LogP contribution in [0, 0.1) is 6.92 Å². The molecular formula is C18H15ClN2O3S2. The number of nitrogens with zero attached hydrogens (tertiary/aromatic N) is 1. The molecule has 0 saturated carbocycles. The number of thioether (sulfide) groups is 1. The number of fused-ring (bicyclic) bond motifs is 1. The number of carbonyl (C=O) groups excluding carboxylic acids is 2. The van der Waals surface area contributed by atoms with Crippen molar-refractivity contribution in [2.45, 2.75) is 11.3 Å². The summed E-state index contributed by atoms with van der Waals surface area (Å²) >= 11 is 8.70. The van der Waals surface area contributed by atoms with Crippen molar-refractivity contribution in [1.29, 1.82) is 0 Å². The van der Waals surface area contributed by atoms with Gasteiger partial charge in [-0.1, -0.05) is 35.5 Å². The van der Waals surface area contributed by atoms with Crippen molar-refractivity contribution >= 4 is 62.5 Å². The molecule has 0 aliphatic rings. The molecule has 26 heavy (non-hydrogen) atoms. The molecule has 1 aromatic heterocycles. The molecule has 0 unspecified atom stereocenters. The molecule has 0 aliphatic heterocycles. The summed E-state index contributed by atoms with van der Waals surface area (Å²) < 4.78 is 6.88. The summed E-state index contributed by atoms with van der Waals surface area (Å²) in [7, 11) is 0. The number of nitrogens with one attached hydrogen (secondary N) is 1. The van der Waals surface area contributed by atoms with Gasteiger partial charge in [-0.2, -0.15) is 0 Å². The Balaban J connectivity index is 1.45. The van der Waals surface area contributed by atoms with Crippen LogP contribution in [0.3, 0.4) is 0 Å². The lowest BCUT2D eigenvalue weighted by atomic mass is 10.2. The first-order valence-electron chi connectivity index (χ1n) is 7.71. The number of hydrogen-bond donors (Lipinski definition) is 1. The molecule has 3 rings (SSSR count). The minimum atomic E-state index is -0.461. The highest BCUT2D eigenvalue weighted by Crippen LogP contribution is 2.29. The average Bonchev–Trinajstić information content (AvgIpc) is 3.03. The number of benzene rings is 2. The Hall–Kier alpha value is -2.09. The van der Waals surface area contributed by atoms with E-state index in [1.54, 1.807) is 18.2 Å². The van der Waals surface area contributed by atoms with Crippen LogP contribution in [0.4, 0.5) is 5.69 Å². The number of rotatable bonds is 6. The van der Waals surface area contributed by atoms with Gasteiger partial charge in [0, 0.05) is 10.7 Å². The Morgan fingerprint density at radius 3 is 2.85 bits per heavy atom. The summed E-state index contributed by atoms with van der Waals surface area (Å²) in [6.07, 6.45) is 0. The fourth-order valence-electron chi connectivity index (χ4n) is 2.17. The molecule has 0 atom stereocenters. The lowest BCUT2D eigenvalue weighted by Gasteiger charge is -2.09. The SMILES string of the molecule is Cc1cc(Cl)ccc1NC(=O)COC(=O)CSc1nc2ccccc2s1. The number of aromatic nitrogens is 1. The zero-order chi connectivity index (χ0) is 18.5. The number of carbonyl (C=O) groups is 2. The number of amides is 1. The summed E-state index contributed by atoms with van der Waals surface area (Å²) in [5.41, 5.74) is 2.38. The molecule has 5 nitrogen and oxygen atoms in total. The fourth-order valence-corrected chi connectivity index (χ4v) is 4.27. The molecule has 8 heteroatoms. The van der Waals surface area contributed by atoms with Gasteiger partial charge in [0.2, 0.25) is 0 Å². The van der Waals surface area contributed by atoms with Crippen molar-refractivity contribution < 1.29 is 14.3 Å². The van der Waals surface area contributed by atoms with E-state index in [1.165, 1.54) is 23.1 Å². The first-order valence-corrected chi connectivity index (χ1v) is 9.89. The van der Waals surface area contributed by atoms with Crippen molar-refractivity contribution in [3.05, 3.63) is 53.1 Å². The highest BCUT2D eigenvalue weighted by molar-refractivity contribution is 8.01. The minimum absolute atomic E-state index is 0.104. The van der Waals surface area contributed by atoms with Crippen LogP contribution in [0.1, 0.15) is 5.56 Å². The van der Waals surface area contributed by atoms with Gasteiger partial charge in [-0.25, -0.2) is 4.98 Å². The summed E-state index contributed by atoms with van der Waals surface area (Å²) in [6.45, 7) is 1.50. The van der Waals surface area contributed by atoms with Crippen molar-refractivity contribution in [1.82, 2.24) is 4.98 Å². The number of thiazole rings is 1. The Morgan fingerprint density at radius 1 is 1.27 bits per heavy atom. The van der Waals surface area contributed by atoms with Gasteiger partial charge in [0.25, 0.3) is 5.91 Å². The molecule has 0 aliphatic carbocycles. The van der Waals surface area contributed by atoms with Crippen LogP contribution in [0.5, 0.6) is 0 Å². The number of para-hydroxylation sites is 1. The Kier molecular flexibility index (Phi) is 6.13. The van der Waals surface area contributed by atoms with Crippen LogP contribution in [-0.2, 0) is 14.3 Å². The van der Waals surface area contributed by atoms with E-state index in [-0.39, 0.29) is 12.4 Å². The summed E-state index contributed by atoms with van der Waals surface area (Å²) in [6, 6.07) is 12.9. The Morgan fingerprint density at radius 2 is 2.08 bits per heavy atom.